The molecule has 0 aromatic carbocycles. The number of aliphatic carboxylic acids is 1. The summed E-state index contributed by atoms with van der Waals surface area (Å²) in [7, 11) is 1.63. The highest BCUT2D eigenvalue weighted by molar-refractivity contribution is 7.99. The lowest BCUT2D eigenvalue weighted by atomic mass is 9.99. The number of nitrogens with zero attached hydrogens (tertiary/aromatic N) is 2. The zero-order valence-electron chi connectivity index (χ0n) is 11.0. The van der Waals surface area contributed by atoms with Crippen LogP contribution < -0.4 is 11.0 Å². The van der Waals surface area contributed by atoms with Crippen LogP contribution >= 0.6 is 11.8 Å². The van der Waals surface area contributed by atoms with Crippen LogP contribution in [-0.4, -0.2) is 43.2 Å². The van der Waals surface area contributed by atoms with E-state index in [0.717, 1.165) is 12.8 Å². The highest BCUT2D eigenvalue weighted by atomic mass is 32.2. The van der Waals surface area contributed by atoms with E-state index in [-0.39, 0.29) is 5.69 Å². The topological polar surface area (TPSA) is 100 Å². The summed E-state index contributed by atoms with van der Waals surface area (Å²) >= 11 is 1.38. The minimum absolute atomic E-state index is 0.264. The molecule has 0 amide bonds. The number of aromatic amines is 1. The molecule has 0 bridgehead atoms. The predicted octanol–water partition coefficient (Wildman–Crippen LogP) is 0.186. The Kier molecular flexibility index (Phi) is 4.00. The van der Waals surface area contributed by atoms with Crippen LogP contribution in [0.2, 0.25) is 0 Å². The number of carbonyl (C=O) groups is 1. The second kappa shape index (κ2) is 5.38. The number of H-pyrrole nitrogens is 1. The lowest BCUT2D eigenvalue weighted by Crippen LogP contribution is -2.51. The first-order valence-electron chi connectivity index (χ1n) is 6.18. The van der Waals surface area contributed by atoms with Gasteiger partial charge in [-0.2, -0.15) is 0 Å². The Morgan fingerprint density at radius 1 is 1.68 bits per heavy atom. The molecule has 0 aliphatic heterocycles. The monoisotopic (exact) mass is 286 g/mol. The summed E-state index contributed by atoms with van der Waals surface area (Å²) in [6.45, 7) is 1.71. The van der Waals surface area contributed by atoms with E-state index in [4.69, 9.17) is 0 Å². The number of aromatic nitrogens is 3. The summed E-state index contributed by atoms with van der Waals surface area (Å²) in [6, 6.07) is 0.334. The lowest BCUT2D eigenvalue weighted by Gasteiger charge is -2.26. The largest absolute Gasteiger partial charge is 0.480 e. The van der Waals surface area contributed by atoms with Crippen LogP contribution in [0.5, 0.6) is 0 Å². The first-order chi connectivity index (χ1) is 8.92. The summed E-state index contributed by atoms with van der Waals surface area (Å²) < 4.78 is 1.41. The van der Waals surface area contributed by atoms with Crippen molar-refractivity contribution in [2.45, 2.75) is 42.9 Å². The van der Waals surface area contributed by atoms with Gasteiger partial charge in [-0.25, -0.2) is 9.89 Å². The smallest absolute Gasteiger partial charge is 0.343 e. The highest BCUT2D eigenvalue weighted by Gasteiger charge is 2.38. The van der Waals surface area contributed by atoms with Gasteiger partial charge in [-0.05, 0) is 26.2 Å². The van der Waals surface area contributed by atoms with Gasteiger partial charge in [-0.3, -0.25) is 14.7 Å². The molecule has 1 fully saturated rings. The van der Waals surface area contributed by atoms with Gasteiger partial charge in [0.2, 0.25) is 0 Å². The van der Waals surface area contributed by atoms with Crippen molar-refractivity contribution in [1.29, 1.82) is 0 Å². The summed E-state index contributed by atoms with van der Waals surface area (Å²) in [4.78, 5) is 22.5. The SMILES string of the molecule is Cn1c(SCCC(C)(NC2CC2)C(=O)O)n[nH]c1=O. The Hall–Kier alpha value is -1.28. The zero-order valence-corrected chi connectivity index (χ0v) is 11.8. The van der Waals surface area contributed by atoms with Gasteiger partial charge < -0.3 is 5.11 Å². The van der Waals surface area contributed by atoms with Crippen LogP contribution in [0.15, 0.2) is 9.95 Å². The number of nitrogens with one attached hydrogen (secondary N) is 2. The van der Waals surface area contributed by atoms with E-state index in [1.165, 1.54) is 16.3 Å². The first-order valence-corrected chi connectivity index (χ1v) is 7.16. The molecule has 1 saturated carbocycles. The van der Waals surface area contributed by atoms with Crippen molar-refractivity contribution in [1.82, 2.24) is 20.1 Å². The lowest BCUT2D eigenvalue weighted by molar-refractivity contribution is -0.144. The number of hydrogen-bond acceptors (Lipinski definition) is 5. The van der Waals surface area contributed by atoms with E-state index >= 15 is 0 Å². The molecule has 8 heteroatoms. The zero-order chi connectivity index (χ0) is 14.0. The molecule has 1 aliphatic rings. The Morgan fingerprint density at radius 3 is 2.84 bits per heavy atom. The molecular weight excluding hydrogens is 268 g/mol. The van der Waals surface area contributed by atoms with E-state index in [0.29, 0.717) is 23.4 Å². The second-order valence-electron chi connectivity index (χ2n) is 5.02. The van der Waals surface area contributed by atoms with E-state index in [9.17, 15) is 14.7 Å². The van der Waals surface area contributed by atoms with Gasteiger partial charge in [-0.15, -0.1) is 5.10 Å². The van der Waals surface area contributed by atoms with Crippen LogP contribution in [0.1, 0.15) is 26.2 Å². The molecule has 19 heavy (non-hydrogen) atoms. The quantitative estimate of drug-likeness (QED) is 0.619. The molecule has 1 aromatic heterocycles. The van der Waals surface area contributed by atoms with Crippen molar-refractivity contribution >= 4 is 17.7 Å². The predicted molar refractivity (Wildman–Crippen MR) is 71.4 cm³/mol. The van der Waals surface area contributed by atoms with Gasteiger partial charge >= 0.3 is 11.7 Å². The third-order valence-corrected chi connectivity index (χ3v) is 4.28. The second-order valence-corrected chi connectivity index (χ2v) is 6.09. The van der Waals surface area contributed by atoms with Gasteiger partial charge in [0.05, 0.1) is 0 Å². The fourth-order valence-corrected chi connectivity index (χ4v) is 2.81. The van der Waals surface area contributed by atoms with Crippen LogP contribution in [0.25, 0.3) is 0 Å². The van der Waals surface area contributed by atoms with Crippen molar-refractivity contribution in [3.8, 4) is 0 Å². The van der Waals surface area contributed by atoms with E-state index in [1.807, 2.05) is 0 Å². The number of carboxylic acid groups (broad SMARTS) is 1. The Labute approximate surface area is 114 Å². The minimum atomic E-state index is -0.913. The van der Waals surface area contributed by atoms with E-state index in [1.54, 1.807) is 14.0 Å². The maximum atomic E-state index is 11.3. The van der Waals surface area contributed by atoms with E-state index < -0.39 is 11.5 Å². The molecule has 1 aromatic rings. The average molecular weight is 286 g/mol. The Balaban J connectivity index is 1.90. The molecule has 0 saturated heterocycles. The minimum Gasteiger partial charge on any atom is -0.480 e. The molecule has 3 N–H and O–H groups in total. The normalized spacial score (nSPS) is 18.2. The highest BCUT2D eigenvalue weighted by Crippen LogP contribution is 2.26. The maximum absolute atomic E-state index is 11.3. The van der Waals surface area contributed by atoms with Crippen molar-refractivity contribution in [3.63, 3.8) is 0 Å². The Morgan fingerprint density at radius 2 is 2.37 bits per heavy atom. The summed E-state index contributed by atoms with van der Waals surface area (Å²) in [5.41, 5.74) is -1.18. The summed E-state index contributed by atoms with van der Waals surface area (Å²) in [5.74, 6) is -0.253. The van der Waals surface area contributed by atoms with Crippen LogP contribution in [0, 0.1) is 0 Å². The van der Waals surface area contributed by atoms with Crippen LogP contribution in [-0.2, 0) is 11.8 Å². The molecule has 1 atom stereocenters. The molecule has 1 heterocycles. The van der Waals surface area contributed by atoms with Crippen molar-refractivity contribution in [2.75, 3.05) is 5.75 Å². The fourth-order valence-electron chi connectivity index (χ4n) is 1.73. The number of carboxylic acids is 1. The molecule has 1 aliphatic carbocycles. The van der Waals surface area contributed by atoms with Gasteiger partial charge in [0.25, 0.3) is 0 Å². The molecule has 106 valence electrons. The number of rotatable bonds is 7. The number of thioether (sulfide) groups is 1. The van der Waals surface area contributed by atoms with Gasteiger partial charge in [-0.1, -0.05) is 11.8 Å². The number of hydrogen-bond donors (Lipinski definition) is 3. The summed E-state index contributed by atoms with van der Waals surface area (Å²) in [6.07, 6.45) is 2.57. The molecule has 0 spiro atoms. The van der Waals surface area contributed by atoms with Crippen molar-refractivity contribution in [2.24, 2.45) is 7.05 Å². The average Bonchev–Trinajstić information content (AvgIpc) is 3.10. The fraction of sp³-hybridized carbons (Fsp3) is 0.727. The molecular formula is C11H18N4O3S. The standard InChI is InChI=1S/C11H18N4O3S/c1-11(8(16)17,12-7-3-4-7)5-6-19-10-14-13-9(18)15(10)2/h7,12H,3-6H2,1-2H3,(H,13,18)(H,16,17). The first kappa shape index (κ1) is 14.1. The molecule has 7 nitrogen and oxygen atoms in total. The van der Waals surface area contributed by atoms with Gasteiger partial charge in [0, 0.05) is 18.8 Å². The third-order valence-electron chi connectivity index (χ3n) is 3.24. The van der Waals surface area contributed by atoms with Gasteiger partial charge in [0.15, 0.2) is 5.16 Å². The molecule has 1 unspecified atom stereocenters. The molecule has 0 radical (unpaired) electrons. The van der Waals surface area contributed by atoms with Crippen LogP contribution in [0.3, 0.4) is 0 Å². The van der Waals surface area contributed by atoms with E-state index in [2.05, 4.69) is 15.5 Å². The third kappa shape index (κ3) is 3.38. The van der Waals surface area contributed by atoms with Gasteiger partial charge in [0.1, 0.15) is 5.54 Å². The molecule has 2 rings (SSSR count). The summed E-state index contributed by atoms with van der Waals surface area (Å²) in [5, 5.41) is 19.3. The Bertz CT molecular complexity index is 522. The van der Waals surface area contributed by atoms with Crippen molar-refractivity contribution in [3.05, 3.63) is 10.5 Å². The van der Waals surface area contributed by atoms with Crippen LogP contribution in [0.4, 0.5) is 0 Å². The van der Waals surface area contributed by atoms with Crippen molar-refractivity contribution < 1.29 is 9.90 Å². The maximum Gasteiger partial charge on any atom is 0.343 e.